The van der Waals surface area contributed by atoms with E-state index in [1.54, 1.807) is 17.3 Å². The zero-order valence-electron chi connectivity index (χ0n) is 7.04. The standard InChI is InChI=1S/C7H13N5/c1-2-5-12(6(8)9)7-10-3-4-11-7/h3-4H,2,5H2,1H3,(H3,8,9)(H,10,11). The molecule has 0 unspecified atom stereocenters. The second-order valence-electron chi connectivity index (χ2n) is 2.45. The molecule has 66 valence electrons. The fraction of sp³-hybridized carbons (Fsp3) is 0.429. The summed E-state index contributed by atoms with van der Waals surface area (Å²) in [5.74, 6) is 0.649. The lowest BCUT2D eigenvalue weighted by atomic mass is 10.4. The van der Waals surface area contributed by atoms with Crippen LogP contribution >= 0.6 is 0 Å². The zero-order valence-corrected chi connectivity index (χ0v) is 7.04. The first-order chi connectivity index (χ1) is 5.75. The second-order valence-corrected chi connectivity index (χ2v) is 2.45. The summed E-state index contributed by atoms with van der Waals surface area (Å²) in [6.45, 7) is 2.74. The molecule has 0 aliphatic heterocycles. The molecule has 1 aromatic heterocycles. The number of nitrogens with one attached hydrogen (secondary N) is 2. The van der Waals surface area contributed by atoms with E-state index < -0.39 is 0 Å². The molecular formula is C7H13N5. The summed E-state index contributed by atoms with van der Waals surface area (Å²) in [5.41, 5.74) is 5.36. The van der Waals surface area contributed by atoms with Crippen molar-refractivity contribution in [1.29, 1.82) is 5.41 Å². The van der Waals surface area contributed by atoms with Crippen molar-refractivity contribution in [2.75, 3.05) is 11.4 Å². The van der Waals surface area contributed by atoms with Gasteiger partial charge in [0.15, 0.2) is 5.96 Å². The van der Waals surface area contributed by atoms with Crippen LogP contribution < -0.4 is 10.6 Å². The Hall–Kier alpha value is -1.52. The van der Waals surface area contributed by atoms with Crippen molar-refractivity contribution < 1.29 is 0 Å². The quantitative estimate of drug-likeness (QED) is 0.453. The first-order valence-corrected chi connectivity index (χ1v) is 3.86. The lowest BCUT2D eigenvalue weighted by Gasteiger charge is -2.18. The minimum atomic E-state index is 0.0202. The Balaban J connectivity index is 2.73. The molecule has 0 aliphatic rings. The van der Waals surface area contributed by atoms with E-state index in [0.717, 1.165) is 6.42 Å². The number of imidazole rings is 1. The van der Waals surface area contributed by atoms with E-state index in [-0.39, 0.29) is 5.96 Å². The molecule has 0 amide bonds. The van der Waals surface area contributed by atoms with Crippen LogP contribution in [0.15, 0.2) is 12.4 Å². The molecule has 0 atom stereocenters. The van der Waals surface area contributed by atoms with Gasteiger partial charge < -0.3 is 10.7 Å². The van der Waals surface area contributed by atoms with E-state index in [1.807, 2.05) is 6.92 Å². The van der Waals surface area contributed by atoms with Gasteiger partial charge in [0.2, 0.25) is 5.95 Å². The normalized spacial score (nSPS) is 9.75. The highest BCUT2D eigenvalue weighted by Crippen LogP contribution is 2.04. The minimum Gasteiger partial charge on any atom is -0.370 e. The van der Waals surface area contributed by atoms with E-state index >= 15 is 0 Å². The van der Waals surface area contributed by atoms with E-state index in [9.17, 15) is 0 Å². The molecule has 0 aromatic carbocycles. The average molecular weight is 167 g/mol. The minimum absolute atomic E-state index is 0.0202. The molecule has 0 aliphatic carbocycles. The van der Waals surface area contributed by atoms with Gasteiger partial charge in [-0.05, 0) is 6.42 Å². The van der Waals surface area contributed by atoms with Gasteiger partial charge in [-0.25, -0.2) is 4.98 Å². The van der Waals surface area contributed by atoms with Gasteiger partial charge in [-0.15, -0.1) is 0 Å². The lowest BCUT2D eigenvalue weighted by Crippen LogP contribution is -2.37. The number of rotatable bonds is 3. The monoisotopic (exact) mass is 167 g/mol. The average Bonchev–Trinajstić information content (AvgIpc) is 2.51. The maximum absolute atomic E-state index is 7.27. The third-order valence-corrected chi connectivity index (χ3v) is 1.48. The molecule has 12 heavy (non-hydrogen) atoms. The number of hydrogen-bond acceptors (Lipinski definition) is 2. The van der Waals surface area contributed by atoms with Gasteiger partial charge in [0.1, 0.15) is 0 Å². The number of nitrogens with zero attached hydrogens (tertiary/aromatic N) is 2. The largest absolute Gasteiger partial charge is 0.370 e. The van der Waals surface area contributed by atoms with Crippen molar-refractivity contribution in [2.24, 2.45) is 5.73 Å². The smallest absolute Gasteiger partial charge is 0.209 e. The van der Waals surface area contributed by atoms with Crippen molar-refractivity contribution in [1.82, 2.24) is 9.97 Å². The van der Waals surface area contributed by atoms with Gasteiger partial charge in [0, 0.05) is 18.9 Å². The summed E-state index contributed by atoms with van der Waals surface area (Å²) in [6.07, 6.45) is 4.28. The predicted octanol–water partition coefficient (Wildman–Crippen LogP) is 0.520. The maximum Gasteiger partial charge on any atom is 0.209 e. The lowest BCUT2D eigenvalue weighted by molar-refractivity contribution is 0.870. The van der Waals surface area contributed by atoms with Crippen LogP contribution in [0, 0.1) is 5.41 Å². The van der Waals surface area contributed by atoms with Gasteiger partial charge in [0.05, 0.1) is 0 Å². The molecule has 5 heteroatoms. The van der Waals surface area contributed by atoms with E-state index in [1.165, 1.54) is 0 Å². The summed E-state index contributed by atoms with van der Waals surface area (Å²) >= 11 is 0. The van der Waals surface area contributed by atoms with Crippen molar-refractivity contribution in [2.45, 2.75) is 13.3 Å². The predicted molar refractivity (Wildman–Crippen MR) is 48.1 cm³/mol. The highest BCUT2D eigenvalue weighted by molar-refractivity contribution is 5.90. The SMILES string of the molecule is CCCN(C(=N)N)c1ncc[nH]1. The third kappa shape index (κ3) is 1.75. The van der Waals surface area contributed by atoms with Crippen LogP contribution in [0.1, 0.15) is 13.3 Å². The van der Waals surface area contributed by atoms with Gasteiger partial charge in [-0.3, -0.25) is 10.3 Å². The summed E-state index contributed by atoms with van der Waals surface area (Å²) in [6, 6.07) is 0. The van der Waals surface area contributed by atoms with Crippen molar-refractivity contribution in [3.8, 4) is 0 Å². The van der Waals surface area contributed by atoms with Crippen LogP contribution in [0.25, 0.3) is 0 Å². The first-order valence-electron chi connectivity index (χ1n) is 3.86. The van der Waals surface area contributed by atoms with Crippen molar-refractivity contribution in [3.63, 3.8) is 0 Å². The van der Waals surface area contributed by atoms with E-state index in [0.29, 0.717) is 12.5 Å². The Morgan fingerprint density at radius 2 is 2.58 bits per heavy atom. The number of H-pyrrole nitrogens is 1. The Morgan fingerprint density at radius 3 is 3.00 bits per heavy atom. The van der Waals surface area contributed by atoms with Crippen LogP contribution in [0.5, 0.6) is 0 Å². The summed E-state index contributed by atoms with van der Waals surface area (Å²) in [7, 11) is 0. The number of anilines is 1. The fourth-order valence-corrected chi connectivity index (χ4v) is 0.969. The highest BCUT2D eigenvalue weighted by atomic mass is 15.3. The topological polar surface area (TPSA) is 81.8 Å². The van der Waals surface area contributed by atoms with Gasteiger partial charge in [0.25, 0.3) is 0 Å². The number of aromatic nitrogens is 2. The summed E-state index contributed by atoms with van der Waals surface area (Å²) in [4.78, 5) is 8.53. The van der Waals surface area contributed by atoms with E-state index in [2.05, 4.69) is 9.97 Å². The number of guanidine groups is 1. The molecule has 1 aromatic rings. The molecule has 0 saturated heterocycles. The Labute approximate surface area is 71.1 Å². The van der Waals surface area contributed by atoms with Crippen LogP contribution in [-0.2, 0) is 0 Å². The number of hydrogen-bond donors (Lipinski definition) is 3. The Morgan fingerprint density at radius 1 is 1.83 bits per heavy atom. The molecule has 0 radical (unpaired) electrons. The Kier molecular flexibility index (Phi) is 2.68. The molecule has 1 heterocycles. The highest BCUT2D eigenvalue weighted by Gasteiger charge is 2.09. The molecular weight excluding hydrogens is 154 g/mol. The van der Waals surface area contributed by atoms with Crippen LogP contribution in [0.3, 0.4) is 0 Å². The number of aromatic amines is 1. The van der Waals surface area contributed by atoms with Crippen LogP contribution in [0.2, 0.25) is 0 Å². The van der Waals surface area contributed by atoms with Gasteiger partial charge in [-0.2, -0.15) is 0 Å². The number of nitrogens with two attached hydrogens (primary N) is 1. The molecule has 0 fully saturated rings. The molecule has 0 saturated carbocycles. The van der Waals surface area contributed by atoms with Gasteiger partial charge >= 0.3 is 0 Å². The molecule has 1 rings (SSSR count). The molecule has 0 bridgehead atoms. The summed E-state index contributed by atoms with van der Waals surface area (Å²) in [5, 5.41) is 7.27. The van der Waals surface area contributed by atoms with Crippen molar-refractivity contribution in [3.05, 3.63) is 12.4 Å². The van der Waals surface area contributed by atoms with Crippen LogP contribution in [-0.4, -0.2) is 22.5 Å². The maximum atomic E-state index is 7.27. The molecule has 5 nitrogen and oxygen atoms in total. The van der Waals surface area contributed by atoms with Crippen LogP contribution in [0.4, 0.5) is 5.95 Å². The summed E-state index contributed by atoms with van der Waals surface area (Å²) < 4.78 is 0. The van der Waals surface area contributed by atoms with Gasteiger partial charge in [-0.1, -0.05) is 6.92 Å². The van der Waals surface area contributed by atoms with E-state index in [4.69, 9.17) is 11.1 Å². The van der Waals surface area contributed by atoms with Crippen molar-refractivity contribution >= 4 is 11.9 Å². The molecule has 4 N–H and O–H groups in total. The fourth-order valence-electron chi connectivity index (χ4n) is 0.969. The Bertz CT molecular complexity index is 240. The molecule has 0 spiro atoms. The second kappa shape index (κ2) is 3.75. The third-order valence-electron chi connectivity index (χ3n) is 1.48. The zero-order chi connectivity index (χ0) is 8.97. The first kappa shape index (κ1) is 8.58.